The second-order valence-corrected chi connectivity index (χ2v) is 4.47. The Kier molecular flexibility index (Phi) is 6.47. The van der Waals surface area contributed by atoms with Crippen molar-refractivity contribution in [2.45, 2.75) is 44.8 Å². The molecule has 0 aromatic heterocycles. The largest absolute Gasteiger partial charge is 0.374 e. The number of hydrogen-bond donors (Lipinski definition) is 1. The summed E-state index contributed by atoms with van der Waals surface area (Å²) in [6.07, 6.45) is 9.40. The van der Waals surface area contributed by atoms with E-state index in [9.17, 15) is 0 Å². The van der Waals surface area contributed by atoms with E-state index in [0.717, 1.165) is 45.5 Å². The second kappa shape index (κ2) is 7.67. The molecule has 0 aromatic carbocycles. The molecule has 1 heterocycles. The van der Waals surface area contributed by atoms with Crippen LogP contribution in [0.3, 0.4) is 0 Å². The highest BCUT2D eigenvalue weighted by Gasteiger charge is 2.24. The summed E-state index contributed by atoms with van der Waals surface area (Å²) >= 11 is 0. The zero-order chi connectivity index (χ0) is 11.8. The Morgan fingerprint density at radius 1 is 1.62 bits per heavy atom. The fraction of sp³-hybridized carbons (Fsp3) is 0.846. The molecule has 0 spiro atoms. The summed E-state index contributed by atoms with van der Waals surface area (Å²) in [5, 5.41) is 0. The minimum absolute atomic E-state index is 0.132. The van der Waals surface area contributed by atoms with Crippen molar-refractivity contribution in [1.29, 1.82) is 0 Å². The van der Waals surface area contributed by atoms with E-state index in [2.05, 4.69) is 17.7 Å². The van der Waals surface area contributed by atoms with Gasteiger partial charge >= 0.3 is 0 Å². The molecule has 0 saturated carbocycles. The van der Waals surface area contributed by atoms with Crippen molar-refractivity contribution in [3.05, 3.63) is 0 Å². The SMILES string of the molecule is C#CCCCC(N)C1CN(CCC)CCO1. The molecule has 1 rings (SSSR count). The van der Waals surface area contributed by atoms with Crippen molar-refractivity contribution in [2.24, 2.45) is 5.73 Å². The van der Waals surface area contributed by atoms with Gasteiger partial charge in [-0.25, -0.2) is 0 Å². The summed E-state index contributed by atoms with van der Waals surface area (Å²) < 4.78 is 5.73. The summed E-state index contributed by atoms with van der Waals surface area (Å²) in [5.74, 6) is 2.65. The van der Waals surface area contributed by atoms with Crippen LogP contribution in [0.25, 0.3) is 0 Å². The van der Waals surface area contributed by atoms with E-state index in [1.54, 1.807) is 0 Å². The molecule has 16 heavy (non-hydrogen) atoms. The molecule has 0 aromatic rings. The molecule has 0 bridgehead atoms. The highest BCUT2D eigenvalue weighted by atomic mass is 16.5. The van der Waals surface area contributed by atoms with Crippen LogP contribution in [0.1, 0.15) is 32.6 Å². The third-order valence-corrected chi connectivity index (χ3v) is 3.05. The lowest BCUT2D eigenvalue weighted by Crippen LogP contribution is -2.50. The third-order valence-electron chi connectivity index (χ3n) is 3.05. The summed E-state index contributed by atoms with van der Waals surface area (Å²) in [5.41, 5.74) is 6.13. The van der Waals surface area contributed by atoms with Crippen LogP contribution in [-0.2, 0) is 4.74 Å². The average Bonchev–Trinajstić information content (AvgIpc) is 2.30. The normalized spacial score (nSPS) is 23.9. The first-order valence-electron chi connectivity index (χ1n) is 6.31. The molecule has 2 unspecified atom stereocenters. The fourth-order valence-electron chi connectivity index (χ4n) is 2.14. The first-order chi connectivity index (χ1) is 7.77. The van der Waals surface area contributed by atoms with Crippen LogP contribution < -0.4 is 5.73 Å². The van der Waals surface area contributed by atoms with Gasteiger partial charge in [-0.1, -0.05) is 6.92 Å². The van der Waals surface area contributed by atoms with Gasteiger partial charge in [-0.05, 0) is 25.8 Å². The number of morpholine rings is 1. The summed E-state index contributed by atoms with van der Waals surface area (Å²) in [6, 6.07) is 0.132. The molecule has 3 heteroatoms. The highest BCUT2D eigenvalue weighted by Crippen LogP contribution is 2.12. The van der Waals surface area contributed by atoms with Gasteiger partial charge in [-0.3, -0.25) is 4.90 Å². The number of nitrogens with two attached hydrogens (primary N) is 1. The van der Waals surface area contributed by atoms with Gasteiger partial charge in [-0.15, -0.1) is 12.3 Å². The Labute approximate surface area is 99.3 Å². The van der Waals surface area contributed by atoms with Crippen molar-refractivity contribution in [1.82, 2.24) is 4.90 Å². The molecule has 0 amide bonds. The van der Waals surface area contributed by atoms with Crippen molar-refractivity contribution in [2.75, 3.05) is 26.2 Å². The van der Waals surface area contributed by atoms with E-state index in [1.165, 1.54) is 6.42 Å². The van der Waals surface area contributed by atoms with Gasteiger partial charge in [0.2, 0.25) is 0 Å². The number of hydrogen-bond acceptors (Lipinski definition) is 3. The second-order valence-electron chi connectivity index (χ2n) is 4.47. The van der Waals surface area contributed by atoms with E-state index < -0.39 is 0 Å². The number of rotatable bonds is 6. The van der Waals surface area contributed by atoms with Crippen molar-refractivity contribution in [3.63, 3.8) is 0 Å². The summed E-state index contributed by atoms with van der Waals surface area (Å²) in [4.78, 5) is 2.44. The van der Waals surface area contributed by atoms with Crippen LogP contribution in [0.15, 0.2) is 0 Å². The third kappa shape index (κ3) is 4.52. The molecule has 92 valence electrons. The van der Waals surface area contributed by atoms with Crippen LogP contribution in [0.2, 0.25) is 0 Å². The lowest BCUT2D eigenvalue weighted by Gasteiger charge is -2.35. The summed E-state index contributed by atoms with van der Waals surface area (Å²) in [6.45, 7) is 6.19. The van der Waals surface area contributed by atoms with Gasteiger partial charge < -0.3 is 10.5 Å². The van der Waals surface area contributed by atoms with E-state index in [4.69, 9.17) is 16.9 Å². The Morgan fingerprint density at radius 2 is 2.44 bits per heavy atom. The van der Waals surface area contributed by atoms with E-state index in [0.29, 0.717) is 0 Å². The highest BCUT2D eigenvalue weighted by molar-refractivity contribution is 4.86. The molecule has 1 aliphatic heterocycles. The monoisotopic (exact) mass is 224 g/mol. The van der Waals surface area contributed by atoms with Gasteiger partial charge in [0.15, 0.2) is 0 Å². The van der Waals surface area contributed by atoms with Crippen molar-refractivity contribution < 1.29 is 4.74 Å². The van der Waals surface area contributed by atoms with Gasteiger partial charge in [-0.2, -0.15) is 0 Å². The Hall–Kier alpha value is -0.560. The maximum Gasteiger partial charge on any atom is 0.0853 e. The van der Waals surface area contributed by atoms with Crippen molar-refractivity contribution >= 4 is 0 Å². The topological polar surface area (TPSA) is 38.5 Å². The molecule has 0 aliphatic carbocycles. The van der Waals surface area contributed by atoms with Crippen LogP contribution >= 0.6 is 0 Å². The minimum Gasteiger partial charge on any atom is -0.374 e. The van der Waals surface area contributed by atoms with E-state index >= 15 is 0 Å². The Morgan fingerprint density at radius 3 is 3.12 bits per heavy atom. The predicted molar refractivity (Wildman–Crippen MR) is 67.1 cm³/mol. The minimum atomic E-state index is 0.132. The van der Waals surface area contributed by atoms with Gasteiger partial charge in [0.1, 0.15) is 0 Å². The molecule has 1 saturated heterocycles. The fourth-order valence-corrected chi connectivity index (χ4v) is 2.14. The molecule has 0 radical (unpaired) electrons. The Balaban J connectivity index is 2.26. The van der Waals surface area contributed by atoms with Gasteiger partial charge in [0.25, 0.3) is 0 Å². The molecule has 2 N–H and O–H groups in total. The smallest absolute Gasteiger partial charge is 0.0853 e. The van der Waals surface area contributed by atoms with E-state index in [1.807, 2.05) is 0 Å². The number of ether oxygens (including phenoxy) is 1. The zero-order valence-electron chi connectivity index (χ0n) is 10.3. The number of unbranched alkanes of at least 4 members (excludes halogenated alkanes) is 1. The van der Waals surface area contributed by atoms with Crippen LogP contribution in [0, 0.1) is 12.3 Å². The molecule has 1 aliphatic rings. The first-order valence-corrected chi connectivity index (χ1v) is 6.31. The number of nitrogens with zero attached hydrogens (tertiary/aromatic N) is 1. The molecular formula is C13H24N2O. The summed E-state index contributed by atoms with van der Waals surface area (Å²) in [7, 11) is 0. The van der Waals surface area contributed by atoms with Gasteiger partial charge in [0, 0.05) is 25.6 Å². The van der Waals surface area contributed by atoms with Crippen LogP contribution in [0.4, 0.5) is 0 Å². The maximum absolute atomic E-state index is 6.13. The molecular weight excluding hydrogens is 200 g/mol. The van der Waals surface area contributed by atoms with Crippen LogP contribution in [-0.4, -0.2) is 43.3 Å². The first kappa shape index (κ1) is 13.5. The van der Waals surface area contributed by atoms with Crippen molar-refractivity contribution in [3.8, 4) is 12.3 Å². The van der Waals surface area contributed by atoms with E-state index in [-0.39, 0.29) is 12.1 Å². The molecule has 3 nitrogen and oxygen atoms in total. The van der Waals surface area contributed by atoms with Crippen LogP contribution in [0.5, 0.6) is 0 Å². The molecule has 2 atom stereocenters. The van der Waals surface area contributed by atoms with Gasteiger partial charge in [0.05, 0.1) is 12.7 Å². The lowest BCUT2D eigenvalue weighted by molar-refractivity contribution is -0.0414. The quantitative estimate of drug-likeness (QED) is 0.545. The standard InChI is InChI=1S/C13H24N2O/c1-3-5-6-7-12(14)13-11-15(8-4-2)9-10-16-13/h1,12-13H,4-11,14H2,2H3. The maximum atomic E-state index is 6.13. The lowest BCUT2D eigenvalue weighted by atomic mass is 10.0. The Bertz CT molecular complexity index is 222. The average molecular weight is 224 g/mol. The zero-order valence-corrected chi connectivity index (χ0v) is 10.3. The predicted octanol–water partition coefficient (Wildman–Crippen LogP) is 1.23. The molecule has 1 fully saturated rings. The number of terminal acetylenes is 1.